The van der Waals surface area contributed by atoms with Gasteiger partial charge in [0.2, 0.25) is 19.5 Å². The lowest BCUT2D eigenvalue weighted by atomic mass is 9.82. The molecule has 0 fully saturated rings. The molecule has 1 heterocycles. The highest BCUT2D eigenvalue weighted by Crippen LogP contribution is 2.38. The second kappa shape index (κ2) is 8.31. The van der Waals surface area contributed by atoms with Crippen molar-refractivity contribution in [3.05, 3.63) is 35.5 Å². The van der Waals surface area contributed by atoms with E-state index >= 15 is 0 Å². The highest BCUT2D eigenvalue weighted by Gasteiger charge is 2.34. The number of benzene rings is 1. The molecule has 0 unspecified atom stereocenters. The molecule has 0 saturated carbocycles. The lowest BCUT2D eigenvalue weighted by Crippen LogP contribution is -2.37. The minimum atomic E-state index is -0.263. The molecule has 0 aromatic heterocycles. The molecule has 1 aromatic carbocycles. The maximum atomic E-state index is 12.4. The third-order valence-electron chi connectivity index (χ3n) is 4.03. The van der Waals surface area contributed by atoms with Crippen LogP contribution >= 0.6 is 0 Å². The summed E-state index contributed by atoms with van der Waals surface area (Å²) < 4.78 is 11.7. The number of nitrogens with zero attached hydrogens (tertiary/aromatic N) is 1. The van der Waals surface area contributed by atoms with Crippen molar-refractivity contribution < 1.29 is 13.6 Å². The lowest BCUT2D eigenvalue weighted by molar-refractivity contribution is -0.110. The molecule has 134 valence electrons. The molecule has 0 atom stereocenters. The van der Waals surface area contributed by atoms with Crippen LogP contribution in [0.15, 0.2) is 24.4 Å². The van der Waals surface area contributed by atoms with Crippen molar-refractivity contribution in [3.8, 4) is 0 Å². The van der Waals surface area contributed by atoms with Crippen molar-refractivity contribution in [1.29, 1.82) is 0 Å². The summed E-state index contributed by atoms with van der Waals surface area (Å²) in [6.45, 7) is 8.31. The van der Waals surface area contributed by atoms with Crippen LogP contribution in [0.4, 0.5) is 5.69 Å². The first-order chi connectivity index (χ1) is 11.8. The van der Waals surface area contributed by atoms with Crippen LogP contribution in [0.1, 0.15) is 25.0 Å². The van der Waals surface area contributed by atoms with Gasteiger partial charge in [-0.1, -0.05) is 26.0 Å². The Morgan fingerprint density at radius 3 is 2.44 bits per heavy atom. The number of carbonyl (C=O) groups is 1. The largest absolute Gasteiger partial charge is 0.394 e. The van der Waals surface area contributed by atoms with E-state index in [0.717, 1.165) is 23.2 Å². The second-order valence-electron chi connectivity index (χ2n) is 6.94. The topological polar surface area (TPSA) is 50.8 Å². The summed E-state index contributed by atoms with van der Waals surface area (Å²) in [6.07, 6.45) is 2.37. The highest BCUT2D eigenvalue weighted by molar-refractivity contribution is 6.31. The van der Waals surface area contributed by atoms with E-state index in [1.54, 1.807) is 0 Å². The first-order valence-electron chi connectivity index (χ1n) is 8.26. The molecule has 2 rings (SSSR count). The average molecular weight is 375 g/mol. The number of amides is 1. The van der Waals surface area contributed by atoms with Gasteiger partial charge < -0.3 is 19.1 Å². The third-order valence-corrected chi connectivity index (χ3v) is 4.93. The van der Waals surface area contributed by atoms with Crippen LogP contribution in [0.2, 0.25) is 13.1 Å². The van der Waals surface area contributed by atoms with E-state index in [2.05, 4.69) is 25.2 Å². The molecule has 0 aliphatic carbocycles. The van der Waals surface area contributed by atoms with Crippen molar-refractivity contribution in [2.24, 2.45) is 5.41 Å². The van der Waals surface area contributed by atoms with Gasteiger partial charge in [-0.15, -0.1) is 0 Å². The van der Waals surface area contributed by atoms with Crippen LogP contribution in [0.25, 0.3) is 5.57 Å². The van der Waals surface area contributed by atoms with Crippen LogP contribution in [0.5, 0.6) is 0 Å². The minimum Gasteiger partial charge on any atom is -0.394 e. The first-order valence-corrected chi connectivity index (χ1v) is 11.1. The monoisotopic (exact) mass is 374 g/mol. The molecule has 0 bridgehead atoms. The van der Waals surface area contributed by atoms with E-state index in [1.807, 2.05) is 50.4 Å². The fourth-order valence-electron chi connectivity index (χ4n) is 2.99. The number of rotatable bonds is 8. The fourth-order valence-corrected chi connectivity index (χ4v) is 4.24. The first kappa shape index (κ1) is 19.9. The smallest absolute Gasteiger partial charge is 0.257 e. The summed E-state index contributed by atoms with van der Waals surface area (Å²) in [7, 11) is 4.59. The van der Waals surface area contributed by atoms with E-state index in [-0.39, 0.29) is 17.6 Å². The summed E-state index contributed by atoms with van der Waals surface area (Å²) in [5, 5.41) is 2.96. The van der Waals surface area contributed by atoms with Crippen molar-refractivity contribution in [2.75, 3.05) is 19.4 Å². The van der Waals surface area contributed by atoms with Gasteiger partial charge in [0.1, 0.15) is 6.29 Å². The van der Waals surface area contributed by atoms with E-state index in [9.17, 15) is 4.79 Å². The van der Waals surface area contributed by atoms with Gasteiger partial charge in [-0.2, -0.15) is 0 Å². The summed E-state index contributed by atoms with van der Waals surface area (Å²) in [5.74, 6) is -0.0527. The van der Waals surface area contributed by atoms with Crippen LogP contribution in [0, 0.1) is 5.41 Å². The summed E-state index contributed by atoms with van der Waals surface area (Å²) in [5.41, 5.74) is 3.49. The van der Waals surface area contributed by atoms with Crippen molar-refractivity contribution in [1.82, 2.24) is 4.90 Å². The van der Waals surface area contributed by atoms with Gasteiger partial charge in [0.25, 0.3) is 5.91 Å². The predicted molar refractivity (Wildman–Crippen MR) is 103 cm³/mol. The summed E-state index contributed by atoms with van der Waals surface area (Å²) >= 11 is 0. The Morgan fingerprint density at radius 1 is 1.24 bits per heavy atom. The molecule has 7 heteroatoms. The molecule has 1 aliphatic rings. The van der Waals surface area contributed by atoms with Gasteiger partial charge in [-0.3, -0.25) is 4.79 Å². The van der Waals surface area contributed by atoms with Crippen LogP contribution in [0.3, 0.4) is 0 Å². The van der Waals surface area contributed by atoms with Crippen molar-refractivity contribution >= 4 is 36.7 Å². The number of hydrogen-bond donors (Lipinski definition) is 1. The highest BCUT2D eigenvalue weighted by atomic mass is 28.2. The Morgan fingerprint density at radius 2 is 1.88 bits per heavy atom. The predicted octanol–water partition coefficient (Wildman–Crippen LogP) is 2.80. The molecule has 5 nitrogen and oxygen atoms in total. The molecule has 1 aliphatic heterocycles. The van der Waals surface area contributed by atoms with Crippen LogP contribution in [-0.4, -0.2) is 50.7 Å². The van der Waals surface area contributed by atoms with Gasteiger partial charge in [0.15, 0.2) is 0 Å². The van der Waals surface area contributed by atoms with E-state index in [0.29, 0.717) is 25.1 Å². The van der Waals surface area contributed by atoms with Crippen molar-refractivity contribution in [3.63, 3.8) is 0 Å². The summed E-state index contributed by atoms with van der Waals surface area (Å²) in [6, 6.07) is 6.03. The summed E-state index contributed by atoms with van der Waals surface area (Å²) in [4.78, 5) is 14.3. The molecular formula is C18H26N2O3Si2. The Labute approximate surface area is 155 Å². The van der Waals surface area contributed by atoms with Crippen molar-refractivity contribution in [2.45, 2.75) is 39.7 Å². The molecule has 0 saturated heterocycles. The quantitative estimate of drug-likeness (QED) is 0.432. The lowest BCUT2D eigenvalue weighted by Gasteiger charge is -2.34. The van der Waals surface area contributed by atoms with Gasteiger partial charge >= 0.3 is 0 Å². The van der Waals surface area contributed by atoms with Gasteiger partial charge in [0.05, 0.1) is 5.57 Å². The van der Waals surface area contributed by atoms with E-state index in [1.165, 1.54) is 0 Å². The zero-order valence-corrected chi connectivity index (χ0v) is 17.8. The SMILES string of the molecule is C[Si]OC(O[Si]C)C(C)(C)Cc1cccc2c1C(=CN(C)C)C(=O)N2. The van der Waals surface area contributed by atoms with Crippen LogP contribution in [-0.2, 0) is 20.1 Å². The number of nitrogens with one attached hydrogen (secondary N) is 1. The fraction of sp³-hybridized carbons (Fsp3) is 0.500. The van der Waals surface area contributed by atoms with Gasteiger partial charge in [-0.05, 0) is 31.1 Å². The third kappa shape index (κ3) is 4.60. The number of anilines is 1. The molecular weight excluding hydrogens is 348 g/mol. The molecule has 0 spiro atoms. The maximum absolute atomic E-state index is 12.4. The maximum Gasteiger partial charge on any atom is 0.257 e. The Hall–Kier alpha value is -1.42. The Bertz CT molecular complexity index is 654. The van der Waals surface area contributed by atoms with Gasteiger partial charge in [-0.25, -0.2) is 0 Å². The molecule has 4 radical (unpaired) electrons. The standard InChI is InChI=1S/C18H26N2O3Si2/c1-18(2,17(22-24-5)23-25-6)10-12-8-7-9-14-15(12)13(11-20(3)4)16(21)19-14/h7-9,11,17H,10H2,1-6H3,(H,19,21). The average Bonchev–Trinajstić information content (AvgIpc) is 2.83. The number of hydrogen-bond acceptors (Lipinski definition) is 4. The Balaban J connectivity index is 2.39. The number of fused-ring (bicyclic) bond motifs is 1. The zero-order chi connectivity index (χ0) is 18.6. The molecule has 1 amide bonds. The molecule has 1 aromatic rings. The normalized spacial score (nSPS) is 15.6. The van der Waals surface area contributed by atoms with Gasteiger partial charge in [0, 0.05) is 37.0 Å². The molecule has 1 N–H and O–H groups in total. The Kier molecular flexibility index (Phi) is 6.61. The minimum absolute atomic E-state index is 0.0527. The second-order valence-corrected chi connectivity index (χ2v) is 8.23. The van der Waals surface area contributed by atoms with E-state index < -0.39 is 0 Å². The molecule has 25 heavy (non-hydrogen) atoms. The zero-order valence-electron chi connectivity index (χ0n) is 15.8. The van der Waals surface area contributed by atoms with Crippen LogP contribution < -0.4 is 5.32 Å². The number of carbonyl (C=O) groups excluding carboxylic acids is 1. The van der Waals surface area contributed by atoms with E-state index in [4.69, 9.17) is 8.85 Å².